The third-order valence-corrected chi connectivity index (χ3v) is 4.30. The Hall–Kier alpha value is -1.87. The van der Waals surface area contributed by atoms with E-state index in [1.165, 1.54) is 34.5 Å². The van der Waals surface area contributed by atoms with Gasteiger partial charge in [-0.1, -0.05) is 18.2 Å². The minimum Gasteiger partial charge on any atom is -0.365 e. The van der Waals surface area contributed by atoms with Crippen LogP contribution in [0.5, 0.6) is 0 Å². The van der Waals surface area contributed by atoms with Crippen LogP contribution in [0.15, 0.2) is 36.5 Å². The molecule has 0 radical (unpaired) electrons. The van der Waals surface area contributed by atoms with Crippen molar-refractivity contribution >= 4 is 5.69 Å². The molecular formula is C18H23N3. The molecule has 1 atom stereocenters. The lowest BCUT2D eigenvalue weighted by Crippen LogP contribution is -2.29. The van der Waals surface area contributed by atoms with Crippen LogP contribution in [0.4, 0.5) is 5.69 Å². The Morgan fingerprint density at radius 1 is 1.33 bits per heavy atom. The number of pyridine rings is 1. The number of rotatable bonds is 3. The molecule has 2 aromatic rings. The molecule has 0 saturated carbocycles. The highest BCUT2D eigenvalue weighted by Crippen LogP contribution is 2.30. The molecule has 2 heterocycles. The Morgan fingerprint density at radius 2 is 2.19 bits per heavy atom. The van der Waals surface area contributed by atoms with E-state index < -0.39 is 0 Å². The lowest BCUT2D eigenvalue weighted by molar-refractivity contribution is 0.679. The molecule has 0 bridgehead atoms. The van der Waals surface area contributed by atoms with Crippen LogP contribution >= 0.6 is 0 Å². The third kappa shape index (κ3) is 2.93. The quantitative estimate of drug-likeness (QED) is 0.938. The van der Waals surface area contributed by atoms with Crippen molar-refractivity contribution in [2.24, 2.45) is 5.73 Å². The van der Waals surface area contributed by atoms with Crippen LogP contribution in [0.2, 0.25) is 0 Å². The number of fused-ring (bicyclic) bond motifs is 1. The molecule has 0 amide bonds. The van der Waals surface area contributed by atoms with Gasteiger partial charge in [0.2, 0.25) is 0 Å². The summed E-state index contributed by atoms with van der Waals surface area (Å²) in [5, 5.41) is 0. The highest BCUT2D eigenvalue weighted by molar-refractivity contribution is 5.57. The van der Waals surface area contributed by atoms with E-state index in [2.05, 4.69) is 41.1 Å². The van der Waals surface area contributed by atoms with Crippen molar-refractivity contribution in [3.05, 3.63) is 58.9 Å². The van der Waals surface area contributed by atoms with Crippen molar-refractivity contribution in [2.45, 2.75) is 39.3 Å². The maximum absolute atomic E-state index is 6.00. The summed E-state index contributed by atoms with van der Waals surface area (Å²) in [6, 6.07) is 10.9. The third-order valence-electron chi connectivity index (χ3n) is 4.30. The molecule has 1 unspecified atom stereocenters. The van der Waals surface area contributed by atoms with Crippen molar-refractivity contribution in [3.8, 4) is 0 Å². The summed E-state index contributed by atoms with van der Waals surface area (Å²) in [6.07, 6.45) is 4.22. The van der Waals surface area contributed by atoms with E-state index in [4.69, 9.17) is 5.73 Å². The van der Waals surface area contributed by atoms with Gasteiger partial charge >= 0.3 is 0 Å². The minimum atomic E-state index is 0.101. The normalized spacial score (nSPS) is 15.7. The largest absolute Gasteiger partial charge is 0.365 e. The zero-order chi connectivity index (χ0) is 14.8. The van der Waals surface area contributed by atoms with Crippen molar-refractivity contribution in [1.82, 2.24) is 4.98 Å². The molecule has 0 saturated heterocycles. The predicted octanol–water partition coefficient (Wildman–Crippen LogP) is 3.36. The van der Waals surface area contributed by atoms with Crippen LogP contribution < -0.4 is 10.6 Å². The van der Waals surface area contributed by atoms with E-state index in [1.807, 2.05) is 19.2 Å². The standard InChI is InChI=1S/C18H23N3/c1-13-5-3-9-20-17(13)12-21-10-4-6-16-11-15(14(2)19)7-8-18(16)21/h3,5,7-9,11,14H,4,6,10,12,19H2,1-2H3. The average molecular weight is 281 g/mol. The van der Waals surface area contributed by atoms with Gasteiger partial charge in [0.1, 0.15) is 0 Å². The van der Waals surface area contributed by atoms with Crippen LogP contribution in [-0.2, 0) is 13.0 Å². The molecule has 0 fully saturated rings. The molecule has 3 rings (SSSR count). The van der Waals surface area contributed by atoms with Crippen molar-refractivity contribution in [1.29, 1.82) is 0 Å². The maximum atomic E-state index is 6.00. The molecule has 1 aliphatic heterocycles. The topological polar surface area (TPSA) is 42.2 Å². The van der Waals surface area contributed by atoms with Gasteiger partial charge in [-0.05, 0) is 55.5 Å². The van der Waals surface area contributed by atoms with Crippen molar-refractivity contribution in [3.63, 3.8) is 0 Å². The maximum Gasteiger partial charge on any atom is 0.0626 e. The van der Waals surface area contributed by atoms with Gasteiger partial charge in [0.15, 0.2) is 0 Å². The van der Waals surface area contributed by atoms with Gasteiger partial charge < -0.3 is 10.6 Å². The zero-order valence-electron chi connectivity index (χ0n) is 12.8. The van der Waals surface area contributed by atoms with Crippen LogP contribution in [0.25, 0.3) is 0 Å². The first kappa shape index (κ1) is 14.1. The second-order valence-electron chi connectivity index (χ2n) is 5.97. The van der Waals surface area contributed by atoms with Crippen molar-refractivity contribution < 1.29 is 0 Å². The molecule has 1 aliphatic rings. The Kier molecular flexibility index (Phi) is 3.93. The van der Waals surface area contributed by atoms with E-state index in [0.29, 0.717) is 0 Å². The molecule has 1 aromatic carbocycles. The van der Waals surface area contributed by atoms with E-state index in [9.17, 15) is 0 Å². The second-order valence-corrected chi connectivity index (χ2v) is 5.97. The fourth-order valence-corrected chi connectivity index (χ4v) is 3.01. The van der Waals surface area contributed by atoms with Gasteiger partial charge in [-0.3, -0.25) is 4.98 Å². The Labute approximate surface area is 126 Å². The van der Waals surface area contributed by atoms with E-state index in [1.54, 1.807) is 0 Å². The molecule has 0 aliphatic carbocycles. The molecule has 3 nitrogen and oxygen atoms in total. The van der Waals surface area contributed by atoms with Gasteiger partial charge in [0.25, 0.3) is 0 Å². The zero-order valence-corrected chi connectivity index (χ0v) is 12.8. The number of hydrogen-bond acceptors (Lipinski definition) is 3. The van der Waals surface area contributed by atoms with Gasteiger partial charge in [0.05, 0.1) is 12.2 Å². The number of benzene rings is 1. The summed E-state index contributed by atoms with van der Waals surface area (Å²) in [7, 11) is 0. The molecule has 110 valence electrons. The molecular weight excluding hydrogens is 258 g/mol. The number of nitrogens with two attached hydrogens (primary N) is 1. The van der Waals surface area contributed by atoms with Crippen molar-refractivity contribution in [2.75, 3.05) is 11.4 Å². The molecule has 3 heteroatoms. The summed E-state index contributed by atoms with van der Waals surface area (Å²) in [5.74, 6) is 0. The Bertz CT molecular complexity index is 634. The fourth-order valence-electron chi connectivity index (χ4n) is 3.01. The van der Waals surface area contributed by atoms with E-state index in [0.717, 1.165) is 19.5 Å². The first-order valence-electron chi connectivity index (χ1n) is 7.69. The van der Waals surface area contributed by atoms with Gasteiger partial charge in [-0.2, -0.15) is 0 Å². The van der Waals surface area contributed by atoms with E-state index >= 15 is 0 Å². The monoisotopic (exact) mass is 281 g/mol. The summed E-state index contributed by atoms with van der Waals surface area (Å²) in [4.78, 5) is 6.97. The number of aryl methyl sites for hydroxylation is 2. The predicted molar refractivity (Wildman–Crippen MR) is 87.4 cm³/mol. The smallest absolute Gasteiger partial charge is 0.0626 e. The van der Waals surface area contributed by atoms with Crippen LogP contribution in [0.3, 0.4) is 0 Å². The lowest BCUT2D eigenvalue weighted by Gasteiger charge is -2.32. The number of hydrogen-bond donors (Lipinski definition) is 1. The summed E-state index contributed by atoms with van der Waals surface area (Å²) < 4.78 is 0. The van der Waals surface area contributed by atoms with Crippen LogP contribution in [0.1, 0.15) is 41.8 Å². The molecule has 21 heavy (non-hydrogen) atoms. The first-order chi connectivity index (χ1) is 10.1. The van der Waals surface area contributed by atoms with Gasteiger partial charge in [-0.15, -0.1) is 0 Å². The fraction of sp³-hybridized carbons (Fsp3) is 0.389. The molecule has 2 N–H and O–H groups in total. The lowest BCUT2D eigenvalue weighted by atomic mass is 9.97. The highest BCUT2D eigenvalue weighted by atomic mass is 15.1. The summed E-state index contributed by atoms with van der Waals surface area (Å²) in [5.41, 5.74) is 12.4. The number of anilines is 1. The van der Waals surface area contributed by atoms with Gasteiger partial charge in [-0.25, -0.2) is 0 Å². The minimum absolute atomic E-state index is 0.101. The van der Waals surface area contributed by atoms with Crippen LogP contribution in [-0.4, -0.2) is 11.5 Å². The van der Waals surface area contributed by atoms with Crippen LogP contribution in [0, 0.1) is 6.92 Å². The van der Waals surface area contributed by atoms with E-state index in [-0.39, 0.29) is 6.04 Å². The molecule has 0 spiro atoms. The summed E-state index contributed by atoms with van der Waals surface area (Å²) in [6.45, 7) is 6.16. The highest BCUT2D eigenvalue weighted by Gasteiger charge is 2.18. The average Bonchev–Trinajstić information content (AvgIpc) is 2.49. The number of aromatic nitrogens is 1. The first-order valence-corrected chi connectivity index (χ1v) is 7.69. The SMILES string of the molecule is Cc1cccnc1CN1CCCc2cc(C(C)N)ccc21. The van der Waals surface area contributed by atoms with Gasteiger partial charge in [0, 0.05) is 24.5 Å². The molecule has 1 aromatic heterocycles. The summed E-state index contributed by atoms with van der Waals surface area (Å²) >= 11 is 0. The second kappa shape index (κ2) is 5.86. The Morgan fingerprint density at radius 3 is 2.95 bits per heavy atom. The Balaban J connectivity index is 1.89. The number of nitrogens with zero attached hydrogens (tertiary/aromatic N) is 2.